The van der Waals surface area contributed by atoms with Gasteiger partial charge in [-0.05, 0) is 25.0 Å². The predicted molar refractivity (Wildman–Crippen MR) is 63.0 cm³/mol. The number of pyridine rings is 1. The van der Waals surface area contributed by atoms with Crippen molar-refractivity contribution in [1.82, 2.24) is 4.98 Å². The molecule has 0 unspecified atom stereocenters. The summed E-state index contributed by atoms with van der Waals surface area (Å²) in [4.78, 5) is 14.8. The highest BCUT2D eigenvalue weighted by Crippen LogP contribution is 2.14. The molecular weight excluding hydrogens is 218 g/mol. The van der Waals surface area contributed by atoms with E-state index in [0.29, 0.717) is 0 Å². The molecule has 1 aromatic rings. The summed E-state index contributed by atoms with van der Waals surface area (Å²) < 4.78 is 5.27. The molecule has 1 aromatic heterocycles. The number of allylic oxidation sites excluding steroid dienone is 1. The van der Waals surface area contributed by atoms with Crippen LogP contribution < -0.4 is 0 Å². The minimum atomic E-state index is -0.938. The second kappa shape index (κ2) is 5.59. The number of carboxylic acids is 1. The summed E-state index contributed by atoms with van der Waals surface area (Å²) in [6, 6.07) is 3.35. The van der Waals surface area contributed by atoms with Gasteiger partial charge in [0.2, 0.25) is 0 Å². The molecule has 4 nitrogen and oxygen atoms in total. The van der Waals surface area contributed by atoms with Crippen molar-refractivity contribution in [3.8, 4) is 0 Å². The fourth-order valence-electron chi connectivity index (χ4n) is 1.76. The van der Waals surface area contributed by atoms with E-state index in [9.17, 15) is 4.79 Å². The second-order valence-corrected chi connectivity index (χ2v) is 4.02. The van der Waals surface area contributed by atoms with Crippen LogP contribution in [0, 0.1) is 0 Å². The maximum absolute atomic E-state index is 10.7. The van der Waals surface area contributed by atoms with Gasteiger partial charge >= 0.3 is 5.97 Å². The molecule has 1 fully saturated rings. The Kier molecular flexibility index (Phi) is 3.88. The van der Waals surface area contributed by atoms with Crippen molar-refractivity contribution < 1.29 is 14.6 Å². The SMILES string of the molecule is O=C(O)c1ccc(CC=C2CCOCC2)nc1. The van der Waals surface area contributed by atoms with E-state index in [2.05, 4.69) is 11.1 Å². The lowest BCUT2D eigenvalue weighted by molar-refractivity contribution is 0.0696. The Morgan fingerprint density at radius 3 is 2.76 bits per heavy atom. The van der Waals surface area contributed by atoms with Crippen molar-refractivity contribution in [2.24, 2.45) is 0 Å². The molecule has 4 heteroatoms. The van der Waals surface area contributed by atoms with Crippen LogP contribution in [0.2, 0.25) is 0 Å². The number of nitrogens with zero attached hydrogens (tertiary/aromatic N) is 1. The van der Waals surface area contributed by atoms with Gasteiger partial charge in [0.05, 0.1) is 18.8 Å². The van der Waals surface area contributed by atoms with E-state index in [4.69, 9.17) is 9.84 Å². The molecule has 0 atom stereocenters. The van der Waals surface area contributed by atoms with Crippen LogP contribution in [-0.4, -0.2) is 29.3 Å². The molecule has 17 heavy (non-hydrogen) atoms. The Hall–Kier alpha value is -1.68. The number of aromatic nitrogens is 1. The van der Waals surface area contributed by atoms with Crippen molar-refractivity contribution in [3.63, 3.8) is 0 Å². The van der Waals surface area contributed by atoms with Gasteiger partial charge in [0, 0.05) is 18.3 Å². The van der Waals surface area contributed by atoms with E-state index in [1.54, 1.807) is 12.1 Å². The molecule has 1 N–H and O–H groups in total. The highest BCUT2D eigenvalue weighted by molar-refractivity contribution is 5.87. The average molecular weight is 233 g/mol. The topological polar surface area (TPSA) is 59.4 Å². The summed E-state index contributed by atoms with van der Waals surface area (Å²) in [5.41, 5.74) is 2.53. The first-order chi connectivity index (χ1) is 8.25. The molecule has 2 rings (SSSR count). The highest BCUT2D eigenvalue weighted by Gasteiger charge is 2.05. The number of hydrogen-bond donors (Lipinski definition) is 1. The maximum Gasteiger partial charge on any atom is 0.337 e. The largest absolute Gasteiger partial charge is 0.478 e. The van der Waals surface area contributed by atoms with Crippen molar-refractivity contribution in [2.45, 2.75) is 19.3 Å². The Morgan fingerprint density at radius 1 is 1.41 bits per heavy atom. The molecule has 0 spiro atoms. The van der Waals surface area contributed by atoms with Crippen LogP contribution in [0.1, 0.15) is 28.9 Å². The van der Waals surface area contributed by atoms with E-state index >= 15 is 0 Å². The second-order valence-electron chi connectivity index (χ2n) is 4.02. The van der Waals surface area contributed by atoms with E-state index < -0.39 is 5.97 Å². The smallest absolute Gasteiger partial charge is 0.337 e. The first-order valence-electron chi connectivity index (χ1n) is 5.69. The molecule has 0 aliphatic carbocycles. The molecule has 1 saturated heterocycles. The summed E-state index contributed by atoms with van der Waals surface area (Å²) in [5, 5.41) is 8.74. The van der Waals surface area contributed by atoms with E-state index in [1.165, 1.54) is 11.8 Å². The minimum absolute atomic E-state index is 0.229. The number of carboxylic acid groups (broad SMARTS) is 1. The summed E-state index contributed by atoms with van der Waals surface area (Å²) in [6.45, 7) is 1.61. The average Bonchev–Trinajstić information content (AvgIpc) is 2.38. The third kappa shape index (κ3) is 3.39. The third-order valence-corrected chi connectivity index (χ3v) is 2.81. The molecule has 1 aliphatic rings. The van der Waals surface area contributed by atoms with Crippen LogP contribution in [0.15, 0.2) is 30.0 Å². The van der Waals surface area contributed by atoms with Gasteiger partial charge in [0.25, 0.3) is 0 Å². The summed E-state index contributed by atoms with van der Waals surface area (Å²) in [6.07, 6.45) is 6.32. The van der Waals surface area contributed by atoms with Crippen LogP contribution in [0.3, 0.4) is 0 Å². The number of rotatable bonds is 3. The number of carbonyl (C=O) groups is 1. The molecule has 0 aromatic carbocycles. The van der Waals surface area contributed by atoms with Gasteiger partial charge in [-0.25, -0.2) is 4.79 Å². The van der Waals surface area contributed by atoms with Crippen molar-refractivity contribution >= 4 is 5.97 Å². The van der Waals surface area contributed by atoms with Crippen LogP contribution in [-0.2, 0) is 11.2 Å². The normalized spacial score (nSPS) is 15.6. The van der Waals surface area contributed by atoms with E-state index in [-0.39, 0.29) is 5.56 Å². The Labute approximate surface area is 99.9 Å². The lowest BCUT2D eigenvalue weighted by Crippen LogP contribution is -2.07. The standard InChI is InChI=1S/C13H15NO3/c15-13(16)11-2-4-12(14-9-11)3-1-10-5-7-17-8-6-10/h1-2,4,9H,3,5-8H2,(H,15,16). The first-order valence-corrected chi connectivity index (χ1v) is 5.69. The van der Waals surface area contributed by atoms with Crippen molar-refractivity contribution in [1.29, 1.82) is 0 Å². The van der Waals surface area contributed by atoms with Crippen LogP contribution in [0.5, 0.6) is 0 Å². The number of ether oxygens (including phenoxy) is 1. The van der Waals surface area contributed by atoms with Gasteiger partial charge in [0.15, 0.2) is 0 Å². The van der Waals surface area contributed by atoms with Crippen LogP contribution in [0.4, 0.5) is 0 Å². The molecule has 0 bridgehead atoms. The zero-order valence-corrected chi connectivity index (χ0v) is 9.56. The fraction of sp³-hybridized carbons (Fsp3) is 0.385. The van der Waals surface area contributed by atoms with Gasteiger partial charge in [0.1, 0.15) is 0 Å². The Balaban J connectivity index is 1.96. The van der Waals surface area contributed by atoms with E-state index in [0.717, 1.165) is 38.2 Å². The third-order valence-electron chi connectivity index (χ3n) is 2.81. The van der Waals surface area contributed by atoms with E-state index in [1.807, 2.05) is 0 Å². The zero-order chi connectivity index (χ0) is 12.1. The first kappa shape index (κ1) is 11.8. The number of hydrogen-bond acceptors (Lipinski definition) is 3. The summed E-state index contributed by atoms with van der Waals surface area (Å²) >= 11 is 0. The zero-order valence-electron chi connectivity index (χ0n) is 9.56. The molecule has 2 heterocycles. The molecule has 0 saturated carbocycles. The van der Waals surface area contributed by atoms with Crippen LogP contribution in [0.25, 0.3) is 0 Å². The Morgan fingerprint density at radius 2 is 2.18 bits per heavy atom. The molecule has 0 radical (unpaired) electrons. The lowest BCUT2D eigenvalue weighted by Gasteiger charge is -2.14. The minimum Gasteiger partial charge on any atom is -0.478 e. The predicted octanol–water partition coefficient (Wildman–Crippen LogP) is 2.06. The Bertz CT molecular complexity index is 415. The summed E-state index contributed by atoms with van der Waals surface area (Å²) in [5.74, 6) is -0.938. The van der Waals surface area contributed by atoms with Gasteiger partial charge in [-0.15, -0.1) is 0 Å². The maximum atomic E-state index is 10.7. The van der Waals surface area contributed by atoms with Gasteiger partial charge < -0.3 is 9.84 Å². The van der Waals surface area contributed by atoms with Gasteiger partial charge in [-0.1, -0.05) is 11.6 Å². The van der Waals surface area contributed by atoms with Crippen molar-refractivity contribution in [3.05, 3.63) is 41.2 Å². The number of aromatic carboxylic acids is 1. The molecule has 0 amide bonds. The van der Waals surface area contributed by atoms with Gasteiger partial charge in [-0.2, -0.15) is 0 Å². The monoisotopic (exact) mass is 233 g/mol. The highest BCUT2D eigenvalue weighted by atomic mass is 16.5. The molecular formula is C13H15NO3. The quantitative estimate of drug-likeness (QED) is 0.812. The van der Waals surface area contributed by atoms with Crippen molar-refractivity contribution in [2.75, 3.05) is 13.2 Å². The van der Waals surface area contributed by atoms with Gasteiger partial charge in [-0.3, -0.25) is 4.98 Å². The lowest BCUT2D eigenvalue weighted by atomic mass is 10.1. The molecule has 90 valence electrons. The fourth-order valence-corrected chi connectivity index (χ4v) is 1.76. The van der Waals surface area contributed by atoms with Crippen LogP contribution >= 0.6 is 0 Å². The molecule has 1 aliphatic heterocycles. The summed E-state index contributed by atoms with van der Waals surface area (Å²) in [7, 11) is 0.